The topological polar surface area (TPSA) is 30.5 Å². The third kappa shape index (κ3) is 5.52. The zero-order valence-electron chi connectivity index (χ0n) is 10.8. The number of ether oxygens (including phenoxy) is 1. The molecular formula is C14H21NO2. The van der Waals surface area contributed by atoms with Gasteiger partial charge in [-0.05, 0) is 26.8 Å². The van der Waals surface area contributed by atoms with E-state index in [1.54, 1.807) is 6.08 Å². The fourth-order valence-corrected chi connectivity index (χ4v) is 1.27. The molecule has 0 spiro atoms. The molecule has 1 aromatic rings. The summed E-state index contributed by atoms with van der Waals surface area (Å²) in [5, 5.41) is 0. The normalized spacial score (nSPS) is 11.2. The molecule has 0 fully saturated rings. The lowest BCUT2D eigenvalue weighted by Gasteiger charge is -2.20. The lowest BCUT2D eigenvalue weighted by Crippen LogP contribution is -2.28. The van der Waals surface area contributed by atoms with E-state index in [0.29, 0.717) is 13.2 Å². The fraction of sp³-hybridized carbons (Fsp3) is 0.429. The van der Waals surface area contributed by atoms with Crippen LogP contribution < -0.4 is 10.2 Å². The zero-order valence-corrected chi connectivity index (χ0v) is 10.8. The van der Waals surface area contributed by atoms with Crippen molar-refractivity contribution in [1.29, 1.82) is 0 Å². The van der Waals surface area contributed by atoms with Gasteiger partial charge in [0.05, 0.1) is 5.60 Å². The summed E-state index contributed by atoms with van der Waals surface area (Å²) < 4.78 is 5.56. The van der Waals surface area contributed by atoms with E-state index in [1.807, 2.05) is 45.0 Å². The number of para-hydroxylation sites is 1. The van der Waals surface area contributed by atoms with Crippen LogP contribution in [-0.4, -0.2) is 12.2 Å². The molecule has 0 saturated carbocycles. The van der Waals surface area contributed by atoms with Crippen LogP contribution in [0.4, 0.5) is 0 Å². The van der Waals surface area contributed by atoms with Gasteiger partial charge in [0.2, 0.25) is 0 Å². The average Bonchev–Trinajstić information content (AvgIpc) is 2.26. The summed E-state index contributed by atoms with van der Waals surface area (Å²) in [6.45, 7) is 10.8. The monoisotopic (exact) mass is 235 g/mol. The van der Waals surface area contributed by atoms with E-state index in [0.717, 1.165) is 11.3 Å². The van der Waals surface area contributed by atoms with E-state index < -0.39 is 0 Å². The number of nitrogens with one attached hydrogen (secondary N) is 1. The third-order valence-electron chi connectivity index (χ3n) is 1.97. The molecule has 0 heterocycles. The molecule has 0 aliphatic carbocycles. The van der Waals surface area contributed by atoms with Gasteiger partial charge in [-0.3, -0.25) is 4.84 Å². The predicted molar refractivity (Wildman–Crippen MR) is 69.8 cm³/mol. The maximum absolute atomic E-state index is 5.56. The van der Waals surface area contributed by atoms with Crippen LogP contribution in [0.2, 0.25) is 0 Å². The van der Waals surface area contributed by atoms with Gasteiger partial charge < -0.3 is 4.74 Å². The molecule has 1 N–H and O–H groups in total. The maximum atomic E-state index is 5.56. The summed E-state index contributed by atoms with van der Waals surface area (Å²) in [6.07, 6.45) is 1.73. The molecule has 0 amide bonds. The minimum Gasteiger partial charge on any atom is -0.489 e. The Morgan fingerprint density at radius 1 is 1.29 bits per heavy atom. The van der Waals surface area contributed by atoms with Crippen LogP contribution >= 0.6 is 0 Å². The third-order valence-corrected chi connectivity index (χ3v) is 1.97. The van der Waals surface area contributed by atoms with Gasteiger partial charge in [-0.2, -0.15) is 5.48 Å². The first-order valence-electron chi connectivity index (χ1n) is 5.75. The van der Waals surface area contributed by atoms with Crippen molar-refractivity contribution in [3.8, 4) is 5.75 Å². The van der Waals surface area contributed by atoms with E-state index in [1.165, 1.54) is 0 Å². The van der Waals surface area contributed by atoms with Crippen LogP contribution in [0.15, 0.2) is 36.9 Å². The first kappa shape index (κ1) is 13.7. The molecule has 0 saturated heterocycles. The van der Waals surface area contributed by atoms with Gasteiger partial charge in [-0.15, -0.1) is 0 Å². The Morgan fingerprint density at radius 2 is 2.00 bits per heavy atom. The molecule has 0 bridgehead atoms. The Morgan fingerprint density at radius 3 is 2.65 bits per heavy atom. The van der Waals surface area contributed by atoms with Crippen LogP contribution in [0, 0.1) is 0 Å². The lowest BCUT2D eigenvalue weighted by atomic mass is 10.2. The minimum atomic E-state index is -0.198. The molecule has 0 atom stereocenters. The van der Waals surface area contributed by atoms with Gasteiger partial charge in [-0.25, -0.2) is 0 Å². The van der Waals surface area contributed by atoms with E-state index in [9.17, 15) is 0 Å². The Kier molecular flexibility index (Phi) is 5.19. The van der Waals surface area contributed by atoms with Crippen LogP contribution in [-0.2, 0) is 11.4 Å². The van der Waals surface area contributed by atoms with Crippen molar-refractivity contribution in [2.24, 2.45) is 0 Å². The Bertz CT molecular complexity index is 355. The molecule has 3 heteroatoms. The highest BCUT2D eigenvalue weighted by Crippen LogP contribution is 2.18. The van der Waals surface area contributed by atoms with Crippen LogP contribution in [0.5, 0.6) is 5.75 Å². The second kappa shape index (κ2) is 6.42. The van der Waals surface area contributed by atoms with Gasteiger partial charge in [0, 0.05) is 12.1 Å². The largest absolute Gasteiger partial charge is 0.489 e. The van der Waals surface area contributed by atoms with Crippen molar-refractivity contribution in [3.63, 3.8) is 0 Å². The zero-order chi connectivity index (χ0) is 12.7. The smallest absolute Gasteiger partial charge is 0.124 e. The van der Waals surface area contributed by atoms with Gasteiger partial charge in [-0.1, -0.05) is 30.9 Å². The summed E-state index contributed by atoms with van der Waals surface area (Å²) >= 11 is 0. The summed E-state index contributed by atoms with van der Waals surface area (Å²) in [6, 6.07) is 7.89. The van der Waals surface area contributed by atoms with Crippen molar-refractivity contribution in [2.75, 3.05) is 6.61 Å². The molecule has 0 aliphatic rings. The van der Waals surface area contributed by atoms with E-state index in [-0.39, 0.29) is 5.60 Å². The lowest BCUT2D eigenvalue weighted by molar-refractivity contribution is -0.0759. The van der Waals surface area contributed by atoms with Crippen molar-refractivity contribution >= 4 is 0 Å². The molecule has 0 aliphatic heterocycles. The number of hydrogen-bond acceptors (Lipinski definition) is 3. The average molecular weight is 235 g/mol. The highest BCUT2D eigenvalue weighted by Gasteiger charge is 2.10. The summed E-state index contributed by atoms with van der Waals surface area (Å²) in [5.41, 5.74) is 3.82. The molecule has 1 rings (SSSR count). The number of hydrogen-bond donors (Lipinski definition) is 1. The van der Waals surface area contributed by atoms with Gasteiger partial charge in [0.25, 0.3) is 0 Å². The summed E-state index contributed by atoms with van der Waals surface area (Å²) in [7, 11) is 0. The molecular weight excluding hydrogens is 214 g/mol. The first-order valence-corrected chi connectivity index (χ1v) is 5.75. The number of hydroxylamine groups is 1. The van der Waals surface area contributed by atoms with E-state index >= 15 is 0 Å². The molecule has 1 aromatic carbocycles. The molecule has 0 unspecified atom stereocenters. The first-order chi connectivity index (χ1) is 8.03. The maximum Gasteiger partial charge on any atom is 0.124 e. The second-order valence-electron chi connectivity index (χ2n) is 4.74. The standard InChI is InChI=1S/C14H21NO2/c1-5-10-16-13-9-7-6-8-12(13)11-15-17-14(2,3)4/h5-9,15H,1,10-11H2,2-4H3. The van der Waals surface area contributed by atoms with Crippen LogP contribution in [0.1, 0.15) is 26.3 Å². The van der Waals surface area contributed by atoms with Gasteiger partial charge in [0.1, 0.15) is 12.4 Å². The molecule has 94 valence electrons. The highest BCUT2D eigenvalue weighted by molar-refractivity contribution is 5.33. The van der Waals surface area contributed by atoms with E-state index in [2.05, 4.69) is 12.1 Å². The minimum absolute atomic E-state index is 0.198. The summed E-state index contributed by atoms with van der Waals surface area (Å²) in [4.78, 5) is 5.47. The number of rotatable bonds is 6. The van der Waals surface area contributed by atoms with Gasteiger partial charge in [0.15, 0.2) is 0 Å². The Hall–Kier alpha value is -1.32. The van der Waals surface area contributed by atoms with Crippen molar-refractivity contribution in [1.82, 2.24) is 5.48 Å². The highest BCUT2D eigenvalue weighted by atomic mass is 16.7. The Balaban J connectivity index is 2.54. The second-order valence-corrected chi connectivity index (χ2v) is 4.74. The molecule has 3 nitrogen and oxygen atoms in total. The van der Waals surface area contributed by atoms with Gasteiger partial charge >= 0.3 is 0 Å². The number of benzene rings is 1. The van der Waals surface area contributed by atoms with E-state index in [4.69, 9.17) is 9.57 Å². The molecule has 0 radical (unpaired) electrons. The molecule has 0 aromatic heterocycles. The fourth-order valence-electron chi connectivity index (χ4n) is 1.27. The van der Waals surface area contributed by atoms with Crippen molar-refractivity contribution in [2.45, 2.75) is 32.9 Å². The summed E-state index contributed by atoms with van der Waals surface area (Å²) in [5.74, 6) is 0.859. The Labute approximate surface area is 103 Å². The van der Waals surface area contributed by atoms with Crippen LogP contribution in [0.25, 0.3) is 0 Å². The molecule has 17 heavy (non-hydrogen) atoms. The van der Waals surface area contributed by atoms with Crippen molar-refractivity contribution < 1.29 is 9.57 Å². The quantitative estimate of drug-likeness (QED) is 0.607. The van der Waals surface area contributed by atoms with Crippen molar-refractivity contribution in [3.05, 3.63) is 42.5 Å². The van der Waals surface area contributed by atoms with Crippen LogP contribution in [0.3, 0.4) is 0 Å². The predicted octanol–water partition coefficient (Wildman–Crippen LogP) is 3.07. The SMILES string of the molecule is C=CCOc1ccccc1CNOC(C)(C)C.